The van der Waals surface area contributed by atoms with Gasteiger partial charge in [0.25, 0.3) is 0 Å². The molecule has 2 aliphatic carbocycles. The summed E-state index contributed by atoms with van der Waals surface area (Å²) in [6.45, 7) is 6.73. The van der Waals surface area contributed by atoms with E-state index in [1.165, 1.54) is 24.6 Å². The van der Waals surface area contributed by atoms with E-state index < -0.39 is 15.6 Å². The zero-order valence-electron chi connectivity index (χ0n) is 14.7. The first-order valence-electron chi connectivity index (χ1n) is 8.70. The zero-order chi connectivity index (χ0) is 18.0. The van der Waals surface area contributed by atoms with E-state index in [1.54, 1.807) is 12.1 Å². The first-order valence-corrected chi connectivity index (χ1v) is 10.2. The molecule has 1 aromatic heterocycles. The van der Waals surface area contributed by atoms with E-state index in [0.717, 1.165) is 12.8 Å². The van der Waals surface area contributed by atoms with Gasteiger partial charge in [-0.2, -0.15) is 0 Å². The van der Waals surface area contributed by atoms with Gasteiger partial charge in [0.15, 0.2) is 0 Å². The van der Waals surface area contributed by atoms with E-state index in [9.17, 15) is 13.2 Å². The Morgan fingerprint density at radius 2 is 1.92 bits per heavy atom. The standard InChI is InChI=1S/C19H23NO4S/c1-18(2)13-8-9-19(18,3)16(11-13)20-25(22,23)14-5-6-15-12(10-14)4-7-17(21)24-15/h4-7,10,13,16,20H,8-9,11H2,1-3H3/t13-,16+,19-/m0/s1. The molecule has 2 saturated carbocycles. The lowest BCUT2D eigenvalue weighted by Gasteiger charge is -2.39. The Labute approximate surface area is 147 Å². The third-order valence-electron chi connectivity index (χ3n) is 6.99. The molecule has 2 aromatic rings. The van der Waals surface area contributed by atoms with Crippen LogP contribution in [0.25, 0.3) is 11.0 Å². The highest BCUT2D eigenvalue weighted by Gasteiger charge is 2.61. The second-order valence-corrected chi connectivity index (χ2v) is 9.95. The monoisotopic (exact) mass is 361 g/mol. The molecule has 0 saturated heterocycles. The van der Waals surface area contributed by atoms with E-state index in [2.05, 4.69) is 25.5 Å². The van der Waals surface area contributed by atoms with Crippen LogP contribution in [0.3, 0.4) is 0 Å². The van der Waals surface area contributed by atoms with E-state index in [-0.39, 0.29) is 21.8 Å². The van der Waals surface area contributed by atoms with Crippen molar-refractivity contribution in [3.63, 3.8) is 0 Å². The van der Waals surface area contributed by atoms with Crippen molar-refractivity contribution in [1.82, 2.24) is 4.72 Å². The van der Waals surface area contributed by atoms with Crippen molar-refractivity contribution in [2.24, 2.45) is 16.7 Å². The molecule has 0 radical (unpaired) electrons. The number of benzene rings is 1. The van der Waals surface area contributed by atoms with Crippen LogP contribution < -0.4 is 10.3 Å². The van der Waals surface area contributed by atoms with Crippen molar-refractivity contribution in [3.8, 4) is 0 Å². The number of rotatable bonds is 3. The van der Waals surface area contributed by atoms with Crippen LogP contribution in [0.2, 0.25) is 0 Å². The summed E-state index contributed by atoms with van der Waals surface area (Å²) in [7, 11) is -3.63. The molecule has 5 nitrogen and oxygen atoms in total. The third-order valence-corrected chi connectivity index (χ3v) is 8.46. The fourth-order valence-electron chi connectivity index (χ4n) is 4.85. The molecule has 134 valence electrons. The third kappa shape index (κ3) is 2.38. The maximum atomic E-state index is 12.9. The van der Waals surface area contributed by atoms with Gasteiger partial charge in [0.05, 0.1) is 4.90 Å². The van der Waals surface area contributed by atoms with Crippen molar-refractivity contribution in [1.29, 1.82) is 0 Å². The van der Waals surface area contributed by atoms with Crippen molar-refractivity contribution in [2.45, 2.75) is 51.0 Å². The predicted octanol–water partition coefficient (Wildman–Crippen LogP) is 3.29. The maximum absolute atomic E-state index is 12.9. The van der Waals surface area contributed by atoms with Crippen LogP contribution in [0.1, 0.15) is 40.0 Å². The SMILES string of the molecule is CC1(C)[C@H]2CC[C@@]1(C)[C@H](NS(=O)(=O)c1ccc3oc(=O)ccc3c1)C2. The number of nitrogens with one attached hydrogen (secondary N) is 1. The number of sulfonamides is 1. The summed E-state index contributed by atoms with van der Waals surface area (Å²) in [6, 6.07) is 7.43. The summed E-state index contributed by atoms with van der Waals surface area (Å²) in [5.74, 6) is 0.566. The largest absolute Gasteiger partial charge is 0.423 e. The summed E-state index contributed by atoms with van der Waals surface area (Å²) in [5, 5.41) is 0.599. The normalized spacial score (nSPS) is 30.8. The first-order chi connectivity index (χ1) is 11.6. The Kier molecular flexibility index (Phi) is 3.48. The lowest BCUT2D eigenvalue weighted by molar-refractivity contribution is 0.130. The Balaban J connectivity index is 1.67. The molecule has 0 aliphatic heterocycles. The van der Waals surface area contributed by atoms with Gasteiger partial charge < -0.3 is 4.42 Å². The first kappa shape index (κ1) is 16.8. The molecule has 4 rings (SSSR count). The van der Waals surface area contributed by atoms with E-state index >= 15 is 0 Å². The van der Waals surface area contributed by atoms with E-state index in [4.69, 9.17) is 4.42 Å². The maximum Gasteiger partial charge on any atom is 0.336 e. The topological polar surface area (TPSA) is 76.4 Å². The van der Waals surface area contributed by atoms with Gasteiger partial charge in [-0.15, -0.1) is 0 Å². The molecule has 6 heteroatoms. The molecular weight excluding hydrogens is 338 g/mol. The molecule has 1 aromatic carbocycles. The van der Waals surface area contributed by atoms with Crippen LogP contribution in [-0.2, 0) is 10.0 Å². The van der Waals surface area contributed by atoms with Crippen molar-refractivity contribution in [2.75, 3.05) is 0 Å². The van der Waals surface area contributed by atoms with Gasteiger partial charge in [-0.05, 0) is 60.3 Å². The molecule has 2 aliphatic rings. The smallest absolute Gasteiger partial charge is 0.336 e. The van der Waals surface area contributed by atoms with E-state index in [0.29, 0.717) is 16.9 Å². The van der Waals surface area contributed by atoms with Gasteiger partial charge in [-0.3, -0.25) is 0 Å². The molecule has 0 unspecified atom stereocenters. The van der Waals surface area contributed by atoms with Crippen molar-refractivity contribution in [3.05, 3.63) is 40.8 Å². The average molecular weight is 361 g/mol. The molecule has 25 heavy (non-hydrogen) atoms. The van der Waals surface area contributed by atoms with Gasteiger partial charge in [0.1, 0.15) is 5.58 Å². The van der Waals surface area contributed by atoms with Crippen LogP contribution in [-0.4, -0.2) is 14.5 Å². The summed E-state index contributed by atoms with van der Waals surface area (Å²) in [4.78, 5) is 11.5. The van der Waals surface area contributed by atoms with Crippen LogP contribution in [0.5, 0.6) is 0 Å². The Morgan fingerprint density at radius 3 is 2.56 bits per heavy atom. The summed E-state index contributed by atoms with van der Waals surface area (Å²) in [6.07, 6.45) is 3.13. The molecule has 3 atom stereocenters. The molecule has 1 N–H and O–H groups in total. The summed E-state index contributed by atoms with van der Waals surface area (Å²) < 4.78 is 33.9. The number of fused-ring (bicyclic) bond motifs is 3. The van der Waals surface area contributed by atoms with Gasteiger partial charge in [-0.1, -0.05) is 20.8 Å². The van der Waals surface area contributed by atoms with Crippen LogP contribution in [0.15, 0.2) is 44.4 Å². The van der Waals surface area contributed by atoms with Crippen molar-refractivity contribution >= 4 is 21.0 Å². The van der Waals surface area contributed by atoms with E-state index in [1.807, 2.05) is 0 Å². The Bertz CT molecular complexity index is 1010. The Hall–Kier alpha value is -1.66. The van der Waals surface area contributed by atoms with Gasteiger partial charge in [0.2, 0.25) is 10.0 Å². The molecule has 2 fully saturated rings. The average Bonchev–Trinajstić information content (AvgIpc) is 2.87. The van der Waals surface area contributed by atoms with Gasteiger partial charge in [-0.25, -0.2) is 17.9 Å². The molecule has 2 bridgehead atoms. The zero-order valence-corrected chi connectivity index (χ0v) is 15.5. The highest BCUT2D eigenvalue weighted by atomic mass is 32.2. The predicted molar refractivity (Wildman–Crippen MR) is 95.8 cm³/mol. The lowest BCUT2D eigenvalue weighted by Crippen LogP contribution is -2.46. The van der Waals surface area contributed by atoms with Crippen LogP contribution in [0.4, 0.5) is 0 Å². The summed E-state index contributed by atoms with van der Waals surface area (Å²) >= 11 is 0. The minimum absolute atomic E-state index is 0.0195. The minimum Gasteiger partial charge on any atom is -0.423 e. The Morgan fingerprint density at radius 1 is 1.16 bits per heavy atom. The second kappa shape index (κ2) is 5.17. The fraction of sp³-hybridized carbons (Fsp3) is 0.526. The number of hydrogen-bond donors (Lipinski definition) is 1. The quantitative estimate of drug-likeness (QED) is 0.851. The number of hydrogen-bond acceptors (Lipinski definition) is 4. The molecule has 0 amide bonds. The highest BCUT2D eigenvalue weighted by molar-refractivity contribution is 7.89. The molecular formula is C19H23NO4S. The lowest BCUT2D eigenvalue weighted by atomic mass is 9.69. The van der Waals surface area contributed by atoms with Crippen molar-refractivity contribution < 1.29 is 12.8 Å². The van der Waals surface area contributed by atoms with Gasteiger partial charge >= 0.3 is 5.63 Å². The highest BCUT2D eigenvalue weighted by Crippen LogP contribution is 2.65. The molecule has 0 spiro atoms. The van der Waals surface area contributed by atoms with Gasteiger partial charge in [0, 0.05) is 17.5 Å². The summed E-state index contributed by atoms with van der Waals surface area (Å²) in [5.41, 5.74) is 0.0688. The van der Waals surface area contributed by atoms with Crippen LogP contribution >= 0.6 is 0 Å². The fourth-order valence-corrected chi connectivity index (χ4v) is 6.25. The molecule has 1 heterocycles. The second-order valence-electron chi connectivity index (χ2n) is 8.24. The van der Waals surface area contributed by atoms with Crippen LogP contribution in [0, 0.1) is 16.7 Å². The minimum atomic E-state index is -3.63.